The van der Waals surface area contributed by atoms with Crippen molar-refractivity contribution in [2.45, 2.75) is 13.8 Å². The molecule has 0 fully saturated rings. The number of hydrogen-bond donors (Lipinski definition) is 0. The molecule has 0 N–H and O–H groups in total. The van der Waals surface area contributed by atoms with E-state index >= 15 is 0 Å². The van der Waals surface area contributed by atoms with Gasteiger partial charge >= 0.3 is 0 Å². The summed E-state index contributed by atoms with van der Waals surface area (Å²) < 4.78 is 19.3. The highest BCUT2D eigenvalue weighted by molar-refractivity contribution is 5.94. The van der Waals surface area contributed by atoms with Crippen LogP contribution in [0.1, 0.15) is 22.8 Å². The summed E-state index contributed by atoms with van der Waals surface area (Å²) in [4.78, 5) is 21.3. The minimum Gasteiger partial charge on any atom is -0.454 e. The van der Waals surface area contributed by atoms with Gasteiger partial charge in [0.25, 0.3) is 5.69 Å². The maximum atomic E-state index is 13.8. The molecular weight excluding hydrogens is 277 g/mol. The Hall–Kier alpha value is -2.76. The highest BCUT2D eigenvalue weighted by Crippen LogP contribution is 2.30. The summed E-state index contributed by atoms with van der Waals surface area (Å²) in [6.45, 7) is 2.97. The van der Waals surface area contributed by atoms with Gasteiger partial charge in [-0.25, -0.2) is 4.39 Å². The highest BCUT2D eigenvalue weighted by atomic mass is 19.1. The Labute approximate surface area is 120 Å². The molecule has 0 bridgehead atoms. The second-order valence-corrected chi connectivity index (χ2v) is 4.51. The number of aryl methyl sites for hydroxylation is 1. The molecule has 2 aromatic carbocycles. The lowest BCUT2D eigenvalue weighted by atomic mass is 10.1. The molecule has 0 saturated heterocycles. The van der Waals surface area contributed by atoms with Crippen LogP contribution in [-0.4, -0.2) is 10.7 Å². The summed E-state index contributed by atoms with van der Waals surface area (Å²) >= 11 is 0. The van der Waals surface area contributed by atoms with Crippen molar-refractivity contribution < 1.29 is 18.8 Å². The first kappa shape index (κ1) is 14.6. The van der Waals surface area contributed by atoms with E-state index in [1.807, 2.05) is 0 Å². The van der Waals surface area contributed by atoms with E-state index in [1.165, 1.54) is 37.3 Å². The molecule has 0 radical (unpaired) electrons. The summed E-state index contributed by atoms with van der Waals surface area (Å²) in [5.41, 5.74) is 0.701. The Kier molecular flexibility index (Phi) is 3.98. The molecule has 0 saturated carbocycles. The van der Waals surface area contributed by atoms with E-state index < -0.39 is 10.7 Å². The van der Waals surface area contributed by atoms with Gasteiger partial charge in [-0.15, -0.1) is 0 Å². The molecule has 0 spiro atoms. The summed E-state index contributed by atoms with van der Waals surface area (Å²) in [6.07, 6.45) is 0. The van der Waals surface area contributed by atoms with Crippen molar-refractivity contribution in [2.75, 3.05) is 0 Å². The number of carbonyl (C=O) groups is 1. The van der Waals surface area contributed by atoms with Gasteiger partial charge in [0.2, 0.25) is 0 Å². The Bertz CT molecular complexity index is 666. The zero-order valence-electron chi connectivity index (χ0n) is 11.4. The Balaban J connectivity index is 2.30. The molecule has 0 aliphatic heterocycles. The van der Waals surface area contributed by atoms with Crippen molar-refractivity contribution in [1.29, 1.82) is 0 Å². The van der Waals surface area contributed by atoms with Crippen LogP contribution in [0, 0.1) is 22.9 Å². The van der Waals surface area contributed by atoms with Crippen molar-refractivity contribution in [3.63, 3.8) is 0 Å². The summed E-state index contributed by atoms with van der Waals surface area (Å²) in [6, 6.07) is 7.94. The fraction of sp³-hybridized carbons (Fsp3) is 0.133. The minimum atomic E-state index is -0.666. The molecule has 2 aromatic rings. The Morgan fingerprint density at radius 1 is 1.19 bits per heavy atom. The van der Waals surface area contributed by atoms with Gasteiger partial charge in [0.1, 0.15) is 5.75 Å². The average Bonchev–Trinajstić information content (AvgIpc) is 2.42. The van der Waals surface area contributed by atoms with Gasteiger partial charge in [-0.05, 0) is 43.7 Å². The van der Waals surface area contributed by atoms with Crippen LogP contribution in [0.25, 0.3) is 0 Å². The van der Waals surface area contributed by atoms with Gasteiger partial charge in [0.15, 0.2) is 17.3 Å². The quantitative estimate of drug-likeness (QED) is 0.484. The number of halogens is 1. The monoisotopic (exact) mass is 289 g/mol. The first-order chi connectivity index (χ1) is 9.88. The topological polar surface area (TPSA) is 69.4 Å². The summed E-state index contributed by atoms with van der Waals surface area (Å²) in [5, 5.41) is 10.7. The number of benzene rings is 2. The first-order valence-corrected chi connectivity index (χ1v) is 6.12. The second kappa shape index (κ2) is 5.70. The number of ether oxygens (including phenoxy) is 1. The number of nitro benzene ring substituents is 1. The molecule has 0 atom stereocenters. The predicted molar refractivity (Wildman–Crippen MR) is 74.3 cm³/mol. The Morgan fingerprint density at radius 3 is 2.38 bits per heavy atom. The van der Waals surface area contributed by atoms with Crippen LogP contribution in [0.2, 0.25) is 0 Å². The molecule has 2 rings (SSSR count). The SMILES string of the molecule is CC(=O)c1ccc(Oc2ccc([N+](=O)[O-])cc2C)c(F)c1. The zero-order chi connectivity index (χ0) is 15.6. The first-order valence-electron chi connectivity index (χ1n) is 6.12. The molecule has 108 valence electrons. The van der Waals surface area contributed by atoms with Gasteiger partial charge in [0.05, 0.1) is 4.92 Å². The van der Waals surface area contributed by atoms with Crippen molar-refractivity contribution >= 4 is 11.5 Å². The number of ketones is 1. The third kappa shape index (κ3) is 3.22. The van der Waals surface area contributed by atoms with Gasteiger partial charge in [-0.2, -0.15) is 0 Å². The van der Waals surface area contributed by atoms with Crippen LogP contribution in [0.15, 0.2) is 36.4 Å². The van der Waals surface area contributed by atoms with Gasteiger partial charge in [0, 0.05) is 17.7 Å². The molecule has 0 aliphatic carbocycles. The van der Waals surface area contributed by atoms with Gasteiger partial charge < -0.3 is 4.74 Å². The molecule has 0 unspecified atom stereocenters. The van der Waals surface area contributed by atoms with Crippen LogP contribution in [0.3, 0.4) is 0 Å². The van der Waals surface area contributed by atoms with Crippen molar-refractivity contribution in [1.82, 2.24) is 0 Å². The fourth-order valence-electron chi connectivity index (χ4n) is 1.78. The van der Waals surface area contributed by atoms with Crippen LogP contribution in [-0.2, 0) is 0 Å². The van der Waals surface area contributed by atoms with E-state index in [1.54, 1.807) is 6.92 Å². The zero-order valence-corrected chi connectivity index (χ0v) is 11.4. The van der Waals surface area contributed by atoms with E-state index in [4.69, 9.17) is 4.74 Å². The van der Waals surface area contributed by atoms with Crippen LogP contribution < -0.4 is 4.74 Å². The van der Waals surface area contributed by atoms with E-state index in [0.29, 0.717) is 11.3 Å². The maximum absolute atomic E-state index is 13.8. The number of carbonyl (C=O) groups excluding carboxylic acids is 1. The van der Waals surface area contributed by atoms with E-state index in [0.717, 1.165) is 6.07 Å². The minimum absolute atomic E-state index is 0.0445. The predicted octanol–water partition coefficient (Wildman–Crippen LogP) is 4.04. The second-order valence-electron chi connectivity index (χ2n) is 4.51. The molecule has 0 aromatic heterocycles. The van der Waals surface area contributed by atoms with E-state index in [2.05, 4.69) is 0 Å². The summed E-state index contributed by atoms with van der Waals surface area (Å²) in [7, 11) is 0. The molecule has 0 amide bonds. The van der Waals surface area contributed by atoms with Gasteiger partial charge in [-0.3, -0.25) is 14.9 Å². The van der Waals surface area contributed by atoms with Crippen LogP contribution in [0.4, 0.5) is 10.1 Å². The fourth-order valence-corrected chi connectivity index (χ4v) is 1.78. The molecule has 0 heterocycles. The molecule has 21 heavy (non-hydrogen) atoms. The molecular formula is C15H12FNO4. The van der Waals surface area contributed by atoms with E-state index in [-0.39, 0.29) is 22.8 Å². The van der Waals surface area contributed by atoms with Gasteiger partial charge in [-0.1, -0.05) is 0 Å². The average molecular weight is 289 g/mol. The standard InChI is InChI=1S/C15H12FNO4/c1-9-7-12(17(19)20)4-6-14(9)21-15-5-3-11(10(2)18)8-13(15)16/h3-8H,1-2H3. The lowest BCUT2D eigenvalue weighted by molar-refractivity contribution is -0.384. The van der Waals surface area contributed by atoms with Crippen molar-refractivity contribution in [3.8, 4) is 11.5 Å². The maximum Gasteiger partial charge on any atom is 0.269 e. The summed E-state index contributed by atoms with van der Waals surface area (Å²) in [5.74, 6) is -0.639. The van der Waals surface area contributed by atoms with Crippen LogP contribution >= 0.6 is 0 Å². The van der Waals surface area contributed by atoms with E-state index in [9.17, 15) is 19.3 Å². The normalized spacial score (nSPS) is 10.2. The molecule has 5 nitrogen and oxygen atoms in total. The number of rotatable bonds is 4. The lowest BCUT2D eigenvalue weighted by Crippen LogP contribution is -1.96. The third-order valence-corrected chi connectivity index (χ3v) is 2.93. The number of nitro groups is 1. The number of nitrogens with zero attached hydrogens (tertiary/aromatic N) is 1. The largest absolute Gasteiger partial charge is 0.454 e. The smallest absolute Gasteiger partial charge is 0.269 e. The Morgan fingerprint density at radius 2 is 1.86 bits per heavy atom. The van der Waals surface area contributed by atoms with Crippen molar-refractivity contribution in [3.05, 3.63) is 63.5 Å². The highest BCUT2D eigenvalue weighted by Gasteiger charge is 2.12. The van der Waals surface area contributed by atoms with Crippen molar-refractivity contribution in [2.24, 2.45) is 0 Å². The third-order valence-electron chi connectivity index (χ3n) is 2.93. The lowest BCUT2D eigenvalue weighted by Gasteiger charge is -2.09. The van der Waals surface area contributed by atoms with Crippen LogP contribution in [0.5, 0.6) is 11.5 Å². The molecule has 6 heteroatoms. The molecule has 0 aliphatic rings. The number of hydrogen-bond acceptors (Lipinski definition) is 4. The number of non-ortho nitro benzene ring substituents is 1. The number of Topliss-reactive ketones (excluding diaryl/α,β-unsaturated/α-hetero) is 1.